The maximum atomic E-state index is 12.3. The van der Waals surface area contributed by atoms with Crippen LogP contribution in [0.2, 0.25) is 0 Å². The van der Waals surface area contributed by atoms with Gasteiger partial charge in [0.1, 0.15) is 11.5 Å². The SMILES string of the molecule is CC(C)Oc1ccc(NS(=O)(=O)CC(=O)NCc2ccc(CN3CCCCCC3)cc2)cc1. The largest absolute Gasteiger partial charge is 0.491 e. The van der Waals surface area contributed by atoms with Crippen molar-refractivity contribution in [2.75, 3.05) is 23.6 Å². The molecule has 1 heterocycles. The number of nitrogens with zero attached hydrogens (tertiary/aromatic N) is 1. The second-order valence-corrected chi connectivity index (χ2v) is 10.6. The lowest BCUT2D eigenvalue weighted by Gasteiger charge is -2.19. The number of carbonyl (C=O) groups excluding carboxylic acids is 1. The Morgan fingerprint density at radius 3 is 2.15 bits per heavy atom. The van der Waals surface area contributed by atoms with Crippen molar-refractivity contribution in [2.45, 2.75) is 58.7 Å². The zero-order valence-electron chi connectivity index (χ0n) is 19.5. The van der Waals surface area contributed by atoms with Crippen LogP contribution in [0.25, 0.3) is 0 Å². The summed E-state index contributed by atoms with van der Waals surface area (Å²) in [5.41, 5.74) is 2.58. The molecule has 0 unspecified atom stereocenters. The normalized spacial score (nSPS) is 15.1. The molecule has 7 nitrogen and oxygen atoms in total. The van der Waals surface area contributed by atoms with Crippen molar-refractivity contribution >= 4 is 21.6 Å². The van der Waals surface area contributed by atoms with Crippen LogP contribution in [0.1, 0.15) is 50.7 Å². The molecule has 1 aliphatic heterocycles. The predicted molar refractivity (Wildman–Crippen MR) is 132 cm³/mol. The van der Waals surface area contributed by atoms with Gasteiger partial charge in [-0.1, -0.05) is 37.1 Å². The van der Waals surface area contributed by atoms with Crippen molar-refractivity contribution in [2.24, 2.45) is 0 Å². The van der Waals surface area contributed by atoms with E-state index in [9.17, 15) is 13.2 Å². The zero-order chi connectivity index (χ0) is 23.7. The van der Waals surface area contributed by atoms with Crippen LogP contribution in [0.3, 0.4) is 0 Å². The highest BCUT2D eigenvalue weighted by molar-refractivity contribution is 7.93. The van der Waals surface area contributed by atoms with Crippen LogP contribution < -0.4 is 14.8 Å². The van der Waals surface area contributed by atoms with Crippen molar-refractivity contribution in [3.8, 4) is 5.75 Å². The number of sulfonamides is 1. The lowest BCUT2D eigenvalue weighted by atomic mass is 10.1. The van der Waals surface area contributed by atoms with Gasteiger partial charge in [0, 0.05) is 18.8 Å². The van der Waals surface area contributed by atoms with Crippen LogP contribution in [0.15, 0.2) is 48.5 Å². The third kappa shape index (κ3) is 9.06. The van der Waals surface area contributed by atoms with Gasteiger partial charge in [-0.05, 0) is 75.2 Å². The molecule has 1 saturated heterocycles. The van der Waals surface area contributed by atoms with Crippen LogP contribution in [-0.4, -0.2) is 44.2 Å². The fourth-order valence-electron chi connectivity index (χ4n) is 3.83. The molecule has 180 valence electrons. The minimum atomic E-state index is -3.81. The molecular weight excluding hydrogens is 438 g/mol. The number of amides is 1. The Bertz CT molecular complexity index is 981. The van der Waals surface area contributed by atoms with Crippen molar-refractivity contribution in [1.29, 1.82) is 0 Å². The average Bonchev–Trinajstić information content (AvgIpc) is 3.02. The molecule has 0 spiro atoms. The first-order chi connectivity index (χ1) is 15.8. The van der Waals surface area contributed by atoms with Gasteiger partial charge >= 0.3 is 0 Å². The van der Waals surface area contributed by atoms with Crippen LogP contribution in [-0.2, 0) is 27.9 Å². The topological polar surface area (TPSA) is 87.7 Å². The molecule has 0 radical (unpaired) electrons. The monoisotopic (exact) mass is 473 g/mol. The fourth-order valence-corrected chi connectivity index (χ4v) is 4.84. The highest BCUT2D eigenvalue weighted by atomic mass is 32.2. The molecular formula is C25H35N3O4S. The molecule has 0 aliphatic carbocycles. The first kappa shape index (κ1) is 25.1. The number of hydrogen-bond acceptors (Lipinski definition) is 5. The van der Waals surface area contributed by atoms with Gasteiger partial charge in [0.15, 0.2) is 0 Å². The smallest absolute Gasteiger partial charge is 0.241 e. The molecule has 3 rings (SSSR count). The minimum absolute atomic E-state index is 0.0340. The summed E-state index contributed by atoms with van der Waals surface area (Å²) in [6, 6.07) is 14.7. The molecule has 2 N–H and O–H groups in total. The quantitative estimate of drug-likeness (QED) is 0.546. The van der Waals surface area contributed by atoms with E-state index < -0.39 is 21.7 Å². The number of nitrogens with one attached hydrogen (secondary N) is 2. The Hall–Kier alpha value is -2.58. The van der Waals surface area contributed by atoms with E-state index >= 15 is 0 Å². The summed E-state index contributed by atoms with van der Waals surface area (Å²) in [5.74, 6) is -0.524. The summed E-state index contributed by atoms with van der Waals surface area (Å²) in [7, 11) is -3.81. The molecule has 0 saturated carbocycles. The van der Waals surface area contributed by atoms with Crippen LogP contribution in [0, 0.1) is 0 Å². The highest BCUT2D eigenvalue weighted by Gasteiger charge is 2.17. The van der Waals surface area contributed by atoms with Gasteiger partial charge in [-0.3, -0.25) is 14.4 Å². The Kier molecular flexibility index (Phi) is 9.14. The number of anilines is 1. The molecule has 0 bridgehead atoms. The Balaban J connectivity index is 1.44. The van der Waals surface area contributed by atoms with E-state index in [0.717, 1.165) is 25.2 Å². The number of hydrogen-bond donors (Lipinski definition) is 2. The van der Waals surface area contributed by atoms with E-state index in [2.05, 4.69) is 27.1 Å². The highest BCUT2D eigenvalue weighted by Crippen LogP contribution is 2.18. The number of likely N-dealkylation sites (tertiary alicyclic amines) is 1. The summed E-state index contributed by atoms with van der Waals surface area (Å²) in [5, 5.41) is 2.69. The summed E-state index contributed by atoms with van der Waals surface area (Å²) in [4.78, 5) is 14.7. The van der Waals surface area contributed by atoms with Crippen molar-refractivity contribution in [3.05, 3.63) is 59.7 Å². The summed E-state index contributed by atoms with van der Waals surface area (Å²) < 4.78 is 32.6. The molecule has 33 heavy (non-hydrogen) atoms. The average molecular weight is 474 g/mol. The maximum absolute atomic E-state index is 12.3. The van der Waals surface area contributed by atoms with Gasteiger partial charge in [0.05, 0.1) is 6.10 Å². The molecule has 0 atom stereocenters. The van der Waals surface area contributed by atoms with E-state index in [-0.39, 0.29) is 6.10 Å². The van der Waals surface area contributed by atoms with Gasteiger partial charge in [-0.25, -0.2) is 8.42 Å². The third-order valence-electron chi connectivity index (χ3n) is 5.44. The number of benzene rings is 2. The maximum Gasteiger partial charge on any atom is 0.241 e. The zero-order valence-corrected chi connectivity index (χ0v) is 20.4. The standard InChI is InChI=1S/C25H35N3O4S/c1-20(2)32-24-13-11-23(12-14-24)27-33(30,31)19-25(29)26-17-21-7-9-22(10-8-21)18-28-15-5-3-4-6-16-28/h7-14,20,27H,3-6,15-19H2,1-2H3,(H,26,29). The molecule has 8 heteroatoms. The number of carbonyl (C=O) groups is 1. The van der Waals surface area contributed by atoms with Crippen molar-refractivity contribution < 1.29 is 17.9 Å². The Morgan fingerprint density at radius 1 is 0.939 bits per heavy atom. The van der Waals surface area contributed by atoms with Crippen molar-refractivity contribution in [1.82, 2.24) is 10.2 Å². The fraction of sp³-hybridized carbons (Fsp3) is 0.480. The molecule has 0 aromatic heterocycles. The predicted octanol–water partition coefficient (Wildman–Crippen LogP) is 3.91. The van der Waals surface area contributed by atoms with E-state index in [1.165, 1.54) is 31.2 Å². The Labute approximate surface area is 197 Å². The summed E-state index contributed by atoms with van der Waals surface area (Å²) >= 11 is 0. The summed E-state index contributed by atoms with van der Waals surface area (Å²) in [6.45, 7) is 7.37. The first-order valence-corrected chi connectivity index (χ1v) is 13.3. The van der Waals surface area contributed by atoms with Gasteiger partial charge in [-0.15, -0.1) is 0 Å². The second-order valence-electron chi connectivity index (χ2n) is 8.84. The first-order valence-electron chi connectivity index (χ1n) is 11.6. The lowest BCUT2D eigenvalue weighted by molar-refractivity contribution is -0.118. The van der Waals surface area contributed by atoms with Gasteiger partial charge in [-0.2, -0.15) is 0 Å². The second kappa shape index (κ2) is 12.0. The van der Waals surface area contributed by atoms with E-state index in [4.69, 9.17) is 4.74 Å². The third-order valence-corrected chi connectivity index (χ3v) is 6.63. The molecule has 1 fully saturated rings. The molecule has 2 aromatic rings. The van der Waals surface area contributed by atoms with E-state index in [0.29, 0.717) is 18.0 Å². The molecule has 1 aliphatic rings. The van der Waals surface area contributed by atoms with Crippen molar-refractivity contribution in [3.63, 3.8) is 0 Å². The van der Waals surface area contributed by atoms with E-state index in [1.54, 1.807) is 24.3 Å². The minimum Gasteiger partial charge on any atom is -0.491 e. The number of rotatable bonds is 10. The summed E-state index contributed by atoms with van der Waals surface area (Å²) in [6.07, 6.45) is 5.20. The van der Waals surface area contributed by atoms with Gasteiger partial charge < -0.3 is 10.1 Å². The van der Waals surface area contributed by atoms with Crippen LogP contribution in [0.5, 0.6) is 5.75 Å². The van der Waals surface area contributed by atoms with Crippen LogP contribution in [0.4, 0.5) is 5.69 Å². The van der Waals surface area contributed by atoms with Gasteiger partial charge in [0.25, 0.3) is 0 Å². The van der Waals surface area contributed by atoms with Crippen LogP contribution >= 0.6 is 0 Å². The number of ether oxygens (including phenoxy) is 1. The molecule has 2 aromatic carbocycles. The van der Waals surface area contributed by atoms with E-state index in [1.807, 2.05) is 26.0 Å². The lowest BCUT2D eigenvalue weighted by Crippen LogP contribution is -2.32. The molecule has 1 amide bonds. The van der Waals surface area contributed by atoms with Gasteiger partial charge in [0.2, 0.25) is 15.9 Å². The Morgan fingerprint density at radius 2 is 1.55 bits per heavy atom.